The van der Waals surface area contributed by atoms with E-state index in [0.717, 1.165) is 11.8 Å². The second-order valence-corrected chi connectivity index (χ2v) is 6.37. The average molecular weight is 401 g/mol. The van der Waals surface area contributed by atoms with Crippen molar-refractivity contribution in [2.75, 3.05) is 17.7 Å². The molecule has 1 N–H and O–H groups in total. The van der Waals surface area contributed by atoms with Crippen LogP contribution in [-0.4, -0.2) is 44.4 Å². The Morgan fingerprint density at radius 1 is 1.18 bits per heavy atom. The molecule has 0 radical (unpaired) electrons. The summed E-state index contributed by atoms with van der Waals surface area (Å²) in [6.07, 6.45) is 0. The molecule has 3 rings (SSSR count). The van der Waals surface area contributed by atoms with E-state index < -0.39 is 11.8 Å². The summed E-state index contributed by atoms with van der Waals surface area (Å²) < 4.78 is 20.2. The number of carbonyl (C=O) groups excluding carboxylic acids is 2. The molecule has 0 spiro atoms. The van der Waals surface area contributed by atoms with E-state index in [1.165, 1.54) is 16.8 Å². The molecule has 0 unspecified atom stereocenters. The van der Waals surface area contributed by atoms with Gasteiger partial charge in [-0.15, -0.1) is 5.10 Å². The summed E-state index contributed by atoms with van der Waals surface area (Å²) in [5.74, 6) is -1.41. The van der Waals surface area contributed by atoms with Crippen LogP contribution in [0.2, 0.25) is 0 Å². The molecular weight excluding hydrogens is 385 g/mol. The Balaban J connectivity index is 1.68. The van der Waals surface area contributed by atoms with E-state index in [9.17, 15) is 14.0 Å². The number of amides is 1. The van der Waals surface area contributed by atoms with Crippen LogP contribution in [0.15, 0.2) is 53.7 Å². The summed E-state index contributed by atoms with van der Waals surface area (Å²) >= 11 is 1.04. The van der Waals surface area contributed by atoms with Gasteiger partial charge in [0.25, 0.3) is 0 Å². The third kappa shape index (κ3) is 4.52. The first-order valence-corrected chi connectivity index (χ1v) is 9.30. The Hall–Kier alpha value is -3.27. The number of benzene rings is 2. The Labute approximate surface area is 164 Å². The number of anilines is 1. The van der Waals surface area contributed by atoms with Crippen molar-refractivity contribution in [3.8, 4) is 5.69 Å². The third-order valence-electron chi connectivity index (χ3n) is 3.55. The van der Waals surface area contributed by atoms with Crippen molar-refractivity contribution >= 4 is 29.3 Å². The zero-order valence-corrected chi connectivity index (χ0v) is 15.6. The molecule has 144 valence electrons. The monoisotopic (exact) mass is 401 g/mol. The van der Waals surface area contributed by atoms with E-state index >= 15 is 0 Å². The highest BCUT2D eigenvalue weighted by Crippen LogP contribution is 2.21. The molecule has 28 heavy (non-hydrogen) atoms. The third-order valence-corrected chi connectivity index (χ3v) is 4.47. The number of para-hydroxylation sites is 2. The molecule has 10 heteroatoms. The van der Waals surface area contributed by atoms with Gasteiger partial charge in [-0.25, -0.2) is 9.18 Å². The number of aromatic nitrogens is 4. The van der Waals surface area contributed by atoms with E-state index in [0.29, 0.717) is 5.69 Å². The Kier molecular flexibility index (Phi) is 6.33. The lowest BCUT2D eigenvalue weighted by molar-refractivity contribution is -0.113. The van der Waals surface area contributed by atoms with Crippen LogP contribution in [0.25, 0.3) is 5.69 Å². The SMILES string of the molecule is CCOC(=O)c1ccccc1NC(=O)CSc1nnnn1-c1ccccc1F. The summed E-state index contributed by atoms with van der Waals surface area (Å²) in [4.78, 5) is 24.3. The lowest BCUT2D eigenvalue weighted by Crippen LogP contribution is -2.17. The zero-order valence-electron chi connectivity index (χ0n) is 14.8. The van der Waals surface area contributed by atoms with E-state index in [1.807, 2.05) is 0 Å². The van der Waals surface area contributed by atoms with Gasteiger partial charge < -0.3 is 10.1 Å². The molecule has 8 nitrogen and oxygen atoms in total. The van der Waals surface area contributed by atoms with Gasteiger partial charge in [0.2, 0.25) is 11.1 Å². The minimum Gasteiger partial charge on any atom is -0.462 e. The second kappa shape index (κ2) is 9.09. The predicted molar refractivity (Wildman–Crippen MR) is 101 cm³/mol. The maximum Gasteiger partial charge on any atom is 0.340 e. The maximum atomic E-state index is 14.0. The molecule has 1 heterocycles. The molecule has 0 atom stereocenters. The minimum atomic E-state index is -0.519. The Morgan fingerprint density at radius 3 is 2.71 bits per heavy atom. The topological polar surface area (TPSA) is 99.0 Å². The summed E-state index contributed by atoms with van der Waals surface area (Å²) in [7, 11) is 0. The number of thioether (sulfide) groups is 1. The van der Waals surface area contributed by atoms with Crippen molar-refractivity contribution in [3.05, 3.63) is 59.9 Å². The highest BCUT2D eigenvalue weighted by Gasteiger charge is 2.16. The first-order chi connectivity index (χ1) is 13.6. The summed E-state index contributed by atoms with van der Waals surface area (Å²) in [6, 6.07) is 12.6. The number of nitrogens with zero attached hydrogens (tertiary/aromatic N) is 4. The average Bonchev–Trinajstić information content (AvgIpc) is 3.16. The fourth-order valence-corrected chi connectivity index (χ4v) is 3.02. The van der Waals surface area contributed by atoms with Crippen LogP contribution in [0.1, 0.15) is 17.3 Å². The van der Waals surface area contributed by atoms with Crippen LogP contribution < -0.4 is 5.32 Å². The van der Waals surface area contributed by atoms with Gasteiger partial charge in [0.15, 0.2) is 0 Å². The molecule has 0 bridgehead atoms. The molecule has 0 fully saturated rings. The molecule has 3 aromatic rings. The van der Waals surface area contributed by atoms with E-state index in [1.54, 1.807) is 43.3 Å². The molecule has 1 aromatic heterocycles. The minimum absolute atomic E-state index is 0.0357. The Morgan fingerprint density at radius 2 is 1.93 bits per heavy atom. The summed E-state index contributed by atoms with van der Waals surface area (Å²) in [5.41, 5.74) is 0.794. The van der Waals surface area contributed by atoms with Gasteiger partial charge in [0.1, 0.15) is 11.5 Å². The summed E-state index contributed by atoms with van der Waals surface area (Å²) in [6.45, 7) is 1.94. The highest BCUT2D eigenvalue weighted by atomic mass is 32.2. The van der Waals surface area contributed by atoms with Crippen LogP contribution in [0, 0.1) is 5.82 Å². The van der Waals surface area contributed by atoms with E-state index in [2.05, 4.69) is 20.8 Å². The van der Waals surface area contributed by atoms with E-state index in [-0.39, 0.29) is 34.7 Å². The quantitative estimate of drug-likeness (QED) is 0.480. The van der Waals surface area contributed by atoms with Gasteiger partial charge >= 0.3 is 5.97 Å². The van der Waals surface area contributed by atoms with Gasteiger partial charge in [0.05, 0.1) is 23.6 Å². The number of nitrogens with one attached hydrogen (secondary N) is 1. The first kappa shape index (κ1) is 19.5. The van der Waals surface area contributed by atoms with Gasteiger partial charge in [-0.05, 0) is 41.6 Å². The molecule has 2 aromatic carbocycles. The van der Waals surface area contributed by atoms with Crippen molar-refractivity contribution in [3.63, 3.8) is 0 Å². The smallest absolute Gasteiger partial charge is 0.340 e. The lowest BCUT2D eigenvalue weighted by atomic mass is 10.2. The van der Waals surface area contributed by atoms with Gasteiger partial charge in [-0.2, -0.15) is 4.68 Å². The number of halogens is 1. The predicted octanol–water partition coefficient (Wildman–Crippen LogP) is 2.71. The highest BCUT2D eigenvalue weighted by molar-refractivity contribution is 7.99. The number of rotatable bonds is 7. The van der Waals surface area contributed by atoms with Crippen molar-refractivity contribution in [2.45, 2.75) is 12.1 Å². The van der Waals surface area contributed by atoms with Crippen molar-refractivity contribution < 1.29 is 18.7 Å². The van der Waals surface area contributed by atoms with Gasteiger partial charge in [-0.3, -0.25) is 4.79 Å². The fraction of sp³-hybridized carbons (Fsp3) is 0.167. The number of hydrogen-bond donors (Lipinski definition) is 1. The maximum absolute atomic E-state index is 14.0. The van der Waals surface area contributed by atoms with Crippen molar-refractivity contribution in [1.29, 1.82) is 0 Å². The van der Waals surface area contributed by atoms with Crippen LogP contribution in [0.4, 0.5) is 10.1 Å². The molecule has 0 aliphatic rings. The van der Waals surface area contributed by atoms with Crippen LogP contribution in [0.5, 0.6) is 0 Å². The van der Waals surface area contributed by atoms with Gasteiger partial charge in [0, 0.05) is 0 Å². The molecular formula is C18H16FN5O3S. The fourth-order valence-electron chi connectivity index (χ4n) is 2.34. The first-order valence-electron chi connectivity index (χ1n) is 8.32. The number of tetrazole rings is 1. The standard InChI is InChI=1S/C18H16FN5O3S/c1-2-27-17(26)12-7-3-5-9-14(12)20-16(25)11-28-18-21-22-23-24(18)15-10-6-4-8-13(15)19/h3-10H,2,11H2,1H3,(H,20,25). The normalized spacial score (nSPS) is 10.5. The van der Waals surface area contributed by atoms with Crippen molar-refractivity contribution in [1.82, 2.24) is 20.2 Å². The summed E-state index contributed by atoms with van der Waals surface area (Å²) in [5, 5.41) is 14.1. The van der Waals surface area contributed by atoms with E-state index in [4.69, 9.17) is 4.74 Å². The number of ether oxygens (including phenoxy) is 1. The molecule has 1 amide bonds. The lowest BCUT2D eigenvalue weighted by Gasteiger charge is -2.10. The zero-order chi connectivity index (χ0) is 19.9. The molecule has 0 saturated carbocycles. The molecule has 0 aliphatic heterocycles. The van der Waals surface area contributed by atoms with Crippen molar-refractivity contribution in [2.24, 2.45) is 0 Å². The van der Waals surface area contributed by atoms with Gasteiger partial charge in [-0.1, -0.05) is 36.0 Å². The number of hydrogen-bond acceptors (Lipinski definition) is 7. The molecule has 0 aliphatic carbocycles. The second-order valence-electron chi connectivity index (χ2n) is 5.43. The van der Waals surface area contributed by atoms with Crippen LogP contribution >= 0.6 is 11.8 Å². The molecule has 0 saturated heterocycles. The largest absolute Gasteiger partial charge is 0.462 e. The number of carbonyl (C=O) groups is 2. The Bertz CT molecular complexity index is 995. The van der Waals surface area contributed by atoms with Crippen LogP contribution in [-0.2, 0) is 9.53 Å². The number of esters is 1. The van der Waals surface area contributed by atoms with Crippen LogP contribution in [0.3, 0.4) is 0 Å².